The topological polar surface area (TPSA) is 69.6 Å². The zero-order chi connectivity index (χ0) is 14.9. The first kappa shape index (κ1) is 15.1. The largest absolute Gasteiger partial charge is 0.481 e. The van der Waals surface area contributed by atoms with E-state index in [1.807, 2.05) is 4.90 Å². The summed E-state index contributed by atoms with van der Waals surface area (Å²) in [5, 5.41) is 12.0. The second-order valence-corrected chi connectivity index (χ2v) is 6.85. The Morgan fingerprint density at radius 2 is 1.95 bits per heavy atom. The predicted molar refractivity (Wildman–Crippen MR) is 76.5 cm³/mol. The highest BCUT2D eigenvalue weighted by atomic mass is 16.4. The van der Waals surface area contributed by atoms with Crippen LogP contribution in [0.1, 0.15) is 52.9 Å². The highest BCUT2D eigenvalue weighted by molar-refractivity contribution is 5.77. The number of nitrogens with one attached hydrogen (secondary N) is 1. The molecule has 0 aromatic heterocycles. The number of carboxylic acids is 1. The van der Waals surface area contributed by atoms with E-state index in [0.717, 1.165) is 32.2 Å². The molecule has 0 radical (unpaired) electrons. The molecule has 2 fully saturated rings. The minimum atomic E-state index is -0.835. The lowest BCUT2D eigenvalue weighted by Crippen LogP contribution is -2.61. The molecule has 5 heteroatoms. The van der Waals surface area contributed by atoms with E-state index in [2.05, 4.69) is 26.1 Å². The molecular formula is C15H26N2O3. The van der Waals surface area contributed by atoms with Crippen molar-refractivity contribution in [3.8, 4) is 0 Å². The zero-order valence-corrected chi connectivity index (χ0v) is 12.7. The molecule has 1 saturated heterocycles. The second kappa shape index (κ2) is 5.62. The van der Waals surface area contributed by atoms with Gasteiger partial charge in [0, 0.05) is 12.6 Å². The predicted octanol–water partition coefficient (Wildman–Crippen LogP) is 2.46. The number of carboxylic acid groups (broad SMARTS) is 1. The molecule has 0 spiro atoms. The Morgan fingerprint density at radius 1 is 1.30 bits per heavy atom. The summed E-state index contributed by atoms with van der Waals surface area (Å²) in [5.41, 5.74) is -0.507. The van der Waals surface area contributed by atoms with Gasteiger partial charge >= 0.3 is 12.0 Å². The smallest absolute Gasteiger partial charge is 0.318 e. The molecule has 20 heavy (non-hydrogen) atoms. The maximum atomic E-state index is 12.5. The van der Waals surface area contributed by atoms with Gasteiger partial charge in [0.1, 0.15) is 0 Å². The maximum absolute atomic E-state index is 12.5. The number of aliphatic carboxylic acids is 1. The van der Waals surface area contributed by atoms with Crippen molar-refractivity contribution in [1.82, 2.24) is 10.2 Å². The third-order valence-corrected chi connectivity index (χ3v) is 5.03. The summed E-state index contributed by atoms with van der Waals surface area (Å²) in [6, 6.07) is 0.130. The molecule has 1 saturated carbocycles. The molecule has 2 N–H and O–H groups in total. The third-order valence-electron chi connectivity index (χ3n) is 5.03. The summed E-state index contributed by atoms with van der Waals surface area (Å²) in [7, 11) is 0. The normalized spacial score (nSPS) is 32.4. The quantitative estimate of drug-likeness (QED) is 0.835. The van der Waals surface area contributed by atoms with Crippen molar-refractivity contribution in [2.75, 3.05) is 6.54 Å². The summed E-state index contributed by atoms with van der Waals surface area (Å²) >= 11 is 0. The lowest BCUT2D eigenvalue weighted by atomic mass is 9.74. The molecule has 114 valence electrons. The van der Waals surface area contributed by atoms with Crippen LogP contribution in [0.2, 0.25) is 0 Å². The molecule has 2 amide bonds. The number of hydrogen-bond acceptors (Lipinski definition) is 2. The van der Waals surface area contributed by atoms with Crippen molar-refractivity contribution < 1.29 is 14.7 Å². The fraction of sp³-hybridized carbons (Fsp3) is 0.867. The number of urea groups is 1. The average Bonchev–Trinajstić information content (AvgIpc) is 2.30. The van der Waals surface area contributed by atoms with Gasteiger partial charge in [-0.05, 0) is 44.4 Å². The van der Waals surface area contributed by atoms with Crippen LogP contribution in [-0.4, -0.2) is 40.1 Å². The lowest BCUT2D eigenvalue weighted by molar-refractivity contribution is -0.139. The van der Waals surface area contributed by atoms with Gasteiger partial charge < -0.3 is 15.3 Å². The molecule has 5 nitrogen and oxygen atoms in total. The van der Waals surface area contributed by atoms with E-state index in [0.29, 0.717) is 11.8 Å². The maximum Gasteiger partial charge on any atom is 0.318 e. The average molecular weight is 282 g/mol. The first-order valence-corrected chi connectivity index (χ1v) is 7.63. The summed E-state index contributed by atoms with van der Waals surface area (Å²) in [6.45, 7) is 7.19. The summed E-state index contributed by atoms with van der Waals surface area (Å²) in [6.07, 6.45) is 3.73. The molecule has 0 aromatic carbocycles. The molecule has 1 heterocycles. The minimum absolute atomic E-state index is 0.0338. The van der Waals surface area contributed by atoms with Gasteiger partial charge in [-0.15, -0.1) is 0 Å². The Bertz CT molecular complexity index is 393. The van der Waals surface area contributed by atoms with Crippen molar-refractivity contribution in [1.29, 1.82) is 0 Å². The monoisotopic (exact) mass is 282 g/mol. The van der Waals surface area contributed by atoms with Crippen LogP contribution in [0.5, 0.6) is 0 Å². The van der Waals surface area contributed by atoms with Gasteiger partial charge in [-0.1, -0.05) is 13.8 Å². The van der Waals surface area contributed by atoms with Crippen LogP contribution in [0.25, 0.3) is 0 Å². The van der Waals surface area contributed by atoms with Crippen molar-refractivity contribution in [2.45, 2.75) is 64.5 Å². The van der Waals surface area contributed by atoms with Crippen molar-refractivity contribution in [2.24, 2.45) is 11.8 Å². The number of likely N-dealkylation sites (tertiary alicyclic amines) is 1. The van der Waals surface area contributed by atoms with Crippen molar-refractivity contribution >= 4 is 12.0 Å². The third kappa shape index (κ3) is 3.07. The highest BCUT2D eigenvalue weighted by Crippen LogP contribution is 2.36. The van der Waals surface area contributed by atoms with Crippen molar-refractivity contribution in [3.63, 3.8) is 0 Å². The lowest BCUT2D eigenvalue weighted by Gasteiger charge is -2.46. The van der Waals surface area contributed by atoms with Gasteiger partial charge in [-0.2, -0.15) is 0 Å². The van der Waals surface area contributed by atoms with E-state index in [9.17, 15) is 9.59 Å². The second-order valence-electron chi connectivity index (χ2n) is 6.85. The summed E-state index contributed by atoms with van der Waals surface area (Å²) < 4.78 is 0. The Hall–Kier alpha value is -1.26. The van der Waals surface area contributed by atoms with E-state index in [1.54, 1.807) is 0 Å². The number of carbonyl (C=O) groups excluding carboxylic acids is 1. The van der Waals surface area contributed by atoms with Gasteiger partial charge in [0.2, 0.25) is 0 Å². The number of amides is 2. The van der Waals surface area contributed by atoms with E-state index in [1.165, 1.54) is 0 Å². The van der Waals surface area contributed by atoms with Gasteiger partial charge in [0.25, 0.3) is 0 Å². The number of rotatable bonds is 3. The van der Waals surface area contributed by atoms with Gasteiger partial charge in [0.15, 0.2) is 0 Å². The van der Waals surface area contributed by atoms with E-state index >= 15 is 0 Å². The Morgan fingerprint density at radius 3 is 2.45 bits per heavy atom. The Kier molecular flexibility index (Phi) is 4.25. The number of carbonyl (C=O) groups is 2. The van der Waals surface area contributed by atoms with Gasteiger partial charge in [-0.3, -0.25) is 4.79 Å². The number of nitrogens with zero attached hydrogens (tertiary/aromatic N) is 1. The first-order chi connectivity index (χ1) is 9.33. The molecule has 1 aliphatic carbocycles. The molecule has 0 bridgehead atoms. The molecular weight excluding hydrogens is 256 g/mol. The first-order valence-electron chi connectivity index (χ1n) is 7.63. The van der Waals surface area contributed by atoms with Crippen LogP contribution >= 0.6 is 0 Å². The summed E-state index contributed by atoms with van der Waals surface area (Å²) in [5.74, 6) is 0.156. The van der Waals surface area contributed by atoms with E-state index in [-0.39, 0.29) is 18.5 Å². The van der Waals surface area contributed by atoms with Crippen LogP contribution in [-0.2, 0) is 4.79 Å². The fourth-order valence-corrected chi connectivity index (χ4v) is 3.52. The van der Waals surface area contributed by atoms with Gasteiger partial charge in [0.05, 0.1) is 12.0 Å². The Balaban J connectivity index is 2.01. The SMILES string of the molecule is CC1CC(C)C(C)N(C(=O)NC2(CC(=O)O)CCC2)C1. The molecule has 3 unspecified atom stereocenters. The molecule has 1 aliphatic heterocycles. The van der Waals surface area contributed by atoms with Crippen LogP contribution in [0.4, 0.5) is 4.79 Å². The Labute approximate surface area is 120 Å². The highest BCUT2D eigenvalue weighted by Gasteiger charge is 2.42. The molecule has 2 aliphatic rings. The minimum Gasteiger partial charge on any atom is -0.481 e. The van der Waals surface area contributed by atoms with Gasteiger partial charge in [-0.25, -0.2) is 4.79 Å². The number of hydrogen-bond donors (Lipinski definition) is 2. The molecule has 0 aromatic rings. The summed E-state index contributed by atoms with van der Waals surface area (Å²) in [4.78, 5) is 25.4. The van der Waals surface area contributed by atoms with Crippen LogP contribution in [0, 0.1) is 11.8 Å². The van der Waals surface area contributed by atoms with E-state index in [4.69, 9.17) is 5.11 Å². The molecule has 2 rings (SSSR count). The fourth-order valence-electron chi connectivity index (χ4n) is 3.52. The number of piperidine rings is 1. The zero-order valence-electron chi connectivity index (χ0n) is 12.7. The van der Waals surface area contributed by atoms with Crippen LogP contribution in [0.3, 0.4) is 0 Å². The van der Waals surface area contributed by atoms with Crippen LogP contribution in [0.15, 0.2) is 0 Å². The van der Waals surface area contributed by atoms with Crippen molar-refractivity contribution in [3.05, 3.63) is 0 Å². The standard InChI is InChI=1S/C15H26N2O3/c1-10-7-11(2)12(3)17(9-10)14(20)16-15(5-4-6-15)8-13(18)19/h10-12H,4-9H2,1-3H3,(H,16,20)(H,18,19). The van der Waals surface area contributed by atoms with E-state index < -0.39 is 11.5 Å². The molecule has 3 atom stereocenters. The van der Waals surface area contributed by atoms with Crippen LogP contribution < -0.4 is 5.32 Å².